The van der Waals surface area contributed by atoms with Gasteiger partial charge in [-0.05, 0) is 65.0 Å². The van der Waals surface area contributed by atoms with Crippen LogP contribution in [0.25, 0.3) is 37.9 Å². The Labute approximate surface area is 186 Å². The van der Waals surface area contributed by atoms with Crippen molar-refractivity contribution in [3.8, 4) is 27.6 Å². The van der Waals surface area contributed by atoms with Gasteiger partial charge in [0.1, 0.15) is 16.5 Å². The van der Waals surface area contributed by atoms with Crippen LogP contribution in [0.1, 0.15) is 5.56 Å². The summed E-state index contributed by atoms with van der Waals surface area (Å²) in [5.41, 5.74) is 5.72. The van der Waals surface area contributed by atoms with Gasteiger partial charge in [-0.15, -0.1) is 16.4 Å². The maximum Gasteiger partial charge on any atom is 0.417 e. The molecular weight excluding hydrogens is 463 g/mol. The third kappa shape index (κ3) is 3.67. The molecule has 6 nitrogen and oxygen atoms in total. The topological polar surface area (TPSA) is 82.5 Å². The number of fused-ring (bicyclic) bond motifs is 1. The molecule has 0 saturated heterocycles. The van der Waals surface area contributed by atoms with Crippen LogP contribution >= 0.6 is 11.3 Å². The minimum atomic E-state index is -4.73. The van der Waals surface area contributed by atoms with Crippen LogP contribution in [0.2, 0.25) is 0 Å². The van der Waals surface area contributed by atoms with Crippen molar-refractivity contribution in [2.45, 2.75) is 6.18 Å². The number of benzene rings is 2. The summed E-state index contributed by atoms with van der Waals surface area (Å²) in [5, 5.41) is 11.1. The number of alkyl halides is 3. The Balaban J connectivity index is 1.73. The third-order valence-electron chi connectivity index (χ3n) is 4.89. The summed E-state index contributed by atoms with van der Waals surface area (Å²) in [4.78, 5) is 4.54. The molecule has 0 saturated carbocycles. The van der Waals surface area contributed by atoms with Crippen molar-refractivity contribution in [2.75, 3.05) is 5.73 Å². The first kappa shape index (κ1) is 20.9. The summed E-state index contributed by atoms with van der Waals surface area (Å²) in [6.07, 6.45) is -4.73. The molecule has 0 aliphatic heterocycles. The predicted molar refractivity (Wildman–Crippen MR) is 113 cm³/mol. The fourth-order valence-corrected chi connectivity index (χ4v) is 4.45. The number of rotatable bonds is 3. The summed E-state index contributed by atoms with van der Waals surface area (Å²) >= 11 is 0.888. The van der Waals surface area contributed by atoms with Crippen molar-refractivity contribution in [2.24, 2.45) is 0 Å². The second-order valence-corrected chi connectivity index (χ2v) is 7.97. The highest BCUT2D eigenvalue weighted by Crippen LogP contribution is 2.46. The van der Waals surface area contributed by atoms with E-state index in [0.29, 0.717) is 11.3 Å². The Bertz CT molecular complexity index is 1470. The van der Waals surface area contributed by atoms with Crippen molar-refractivity contribution in [3.05, 3.63) is 71.8 Å². The molecule has 0 fully saturated rings. The second kappa shape index (κ2) is 7.59. The van der Waals surface area contributed by atoms with Gasteiger partial charge in [-0.3, -0.25) is 0 Å². The van der Waals surface area contributed by atoms with Crippen LogP contribution in [0, 0.1) is 11.6 Å². The SMILES string of the molecule is Nc1c(-c2nnnn2-c2ccc(F)cc2)sc2nc(-c3ccc(F)cc3)cc(C(F)(F)F)c12. The van der Waals surface area contributed by atoms with E-state index in [-0.39, 0.29) is 32.3 Å². The van der Waals surface area contributed by atoms with Gasteiger partial charge in [-0.1, -0.05) is 0 Å². The molecule has 0 amide bonds. The summed E-state index contributed by atoms with van der Waals surface area (Å²) < 4.78 is 69.7. The number of thiophene rings is 1. The first-order valence-electron chi connectivity index (χ1n) is 9.33. The molecule has 2 N–H and O–H groups in total. The Morgan fingerprint density at radius 1 is 0.909 bits per heavy atom. The fourth-order valence-electron chi connectivity index (χ4n) is 3.36. The van der Waals surface area contributed by atoms with E-state index in [0.717, 1.165) is 29.5 Å². The Hall–Kier alpha value is -3.93. The van der Waals surface area contributed by atoms with E-state index in [1.165, 1.54) is 41.1 Å². The molecule has 3 aromatic heterocycles. The maximum atomic E-state index is 14.0. The molecule has 3 heterocycles. The standard InChI is InChI=1S/C21H11F5N6S/c22-11-3-1-10(2-4-11)15-9-14(21(24,25)26)16-17(27)18(33-20(16)28-15)19-29-30-31-32(19)13-7-5-12(23)6-8-13/h1-9H,27H2. The number of tetrazole rings is 1. The second-order valence-electron chi connectivity index (χ2n) is 6.98. The van der Waals surface area contributed by atoms with E-state index in [9.17, 15) is 22.0 Å². The van der Waals surface area contributed by atoms with Gasteiger partial charge in [0.05, 0.1) is 27.5 Å². The van der Waals surface area contributed by atoms with Crippen LogP contribution in [0.5, 0.6) is 0 Å². The van der Waals surface area contributed by atoms with Crippen LogP contribution in [0.15, 0.2) is 54.6 Å². The number of nitrogens with two attached hydrogens (primary N) is 1. The predicted octanol–water partition coefficient (Wildman–Crippen LogP) is 5.49. The lowest BCUT2D eigenvalue weighted by molar-refractivity contribution is -0.136. The van der Waals surface area contributed by atoms with Crippen molar-refractivity contribution < 1.29 is 22.0 Å². The monoisotopic (exact) mass is 474 g/mol. The van der Waals surface area contributed by atoms with Crippen LogP contribution in [-0.2, 0) is 6.18 Å². The molecule has 0 radical (unpaired) electrons. The van der Waals surface area contributed by atoms with Crippen LogP contribution in [0.4, 0.5) is 27.6 Å². The fraction of sp³-hybridized carbons (Fsp3) is 0.0476. The highest BCUT2D eigenvalue weighted by atomic mass is 32.1. The molecule has 0 aliphatic rings. The maximum absolute atomic E-state index is 14.0. The molecule has 12 heteroatoms. The number of anilines is 1. The zero-order chi connectivity index (χ0) is 23.3. The lowest BCUT2D eigenvalue weighted by atomic mass is 10.1. The number of halogens is 5. The summed E-state index contributed by atoms with van der Waals surface area (Å²) in [6.45, 7) is 0. The van der Waals surface area contributed by atoms with Crippen molar-refractivity contribution in [1.29, 1.82) is 0 Å². The normalized spacial score (nSPS) is 11.9. The van der Waals surface area contributed by atoms with Crippen molar-refractivity contribution in [3.63, 3.8) is 0 Å². The molecule has 166 valence electrons. The molecule has 0 atom stereocenters. The average Bonchev–Trinajstić information content (AvgIpc) is 3.38. The van der Waals surface area contributed by atoms with Crippen molar-refractivity contribution in [1.82, 2.24) is 25.2 Å². The number of hydrogen-bond donors (Lipinski definition) is 1. The average molecular weight is 474 g/mol. The Morgan fingerprint density at radius 3 is 2.18 bits per heavy atom. The van der Waals surface area contributed by atoms with Crippen LogP contribution < -0.4 is 5.73 Å². The molecular formula is C21H11F5N6S. The van der Waals surface area contributed by atoms with E-state index in [1.54, 1.807) is 0 Å². The molecule has 0 aliphatic carbocycles. The van der Waals surface area contributed by atoms with Crippen molar-refractivity contribution >= 4 is 27.2 Å². The molecule has 5 aromatic rings. The van der Waals surface area contributed by atoms with Gasteiger partial charge in [0, 0.05) is 10.9 Å². The molecule has 2 aromatic carbocycles. The van der Waals surface area contributed by atoms with E-state index < -0.39 is 23.4 Å². The summed E-state index contributed by atoms with van der Waals surface area (Å²) in [5.74, 6) is -0.910. The van der Waals surface area contributed by atoms with Gasteiger partial charge in [0.15, 0.2) is 5.82 Å². The molecule has 0 bridgehead atoms. The first-order valence-corrected chi connectivity index (χ1v) is 10.1. The number of pyridine rings is 1. The molecule has 33 heavy (non-hydrogen) atoms. The van der Waals surface area contributed by atoms with Gasteiger partial charge in [0.2, 0.25) is 0 Å². The summed E-state index contributed by atoms with van der Waals surface area (Å²) in [6, 6.07) is 11.1. The smallest absolute Gasteiger partial charge is 0.397 e. The van der Waals surface area contributed by atoms with E-state index >= 15 is 0 Å². The zero-order valence-electron chi connectivity index (χ0n) is 16.3. The van der Waals surface area contributed by atoms with Gasteiger partial charge in [-0.25, -0.2) is 13.8 Å². The zero-order valence-corrected chi connectivity index (χ0v) is 17.1. The number of aromatic nitrogens is 5. The lowest BCUT2D eigenvalue weighted by Gasteiger charge is -2.11. The number of hydrogen-bond acceptors (Lipinski definition) is 6. The minimum absolute atomic E-state index is 0.0146. The Kier molecular flexibility index (Phi) is 4.81. The van der Waals surface area contributed by atoms with E-state index in [2.05, 4.69) is 20.5 Å². The van der Waals surface area contributed by atoms with E-state index in [1.807, 2.05) is 0 Å². The van der Waals surface area contributed by atoms with Gasteiger partial charge in [-0.2, -0.15) is 17.9 Å². The van der Waals surface area contributed by atoms with Gasteiger partial charge >= 0.3 is 6.18 Å². The minimum Gasteiger partial charge on any atom is -0.397 e. The highest BCUT2D eigenvalue weighted by Gasteiger charge is 2.36. The highest BCUT2D eigenvalue weighted by molar-refractivity contribution is 7.22. The van der Waals surface area contributed by atoms with Gasteiger partial charge < -0.3 is 5.73 Å². The Morgan fingerprint density at radius 2 is 1.55 bits per heavy atom. The lowest BCUT2D eigenvalue weighted by Crippen LogP contribution is -2.07. The molecule has 0 spiro atoms. The van der Waals surface area contributed by atoms with Gasteiger partial charge in [0.25, 0.3) is 0 Å². The summed E-state index contributed by atoms with van der Waals surface area (Å²) in [7, 11) is 0. The number of nitrogen functional groups attached to an aromatic ring is 1. The molecule has 5 rings (SSSR count). The van der Waals surface area contributed by atoms with E-state index in [4.69, 9.17) is 5.73 Å². The number of nitrogens with zero attached hydrogens (tertiary/aromatic N) is 5. The van der Waals surface area contributed by atoms with Crippen LogP contribution in [0.3, 0.4) is 0 Å². The van der Waals surface area contributed by atoms with Crippen LogP contribution in [-0.4, -0.2) is 25.2 Å². The third-order valence-corrected chi connectivity index (χ3v) is 5.98. The quantitative estimate of drug-likeness (QED) is 0.350. The first-order chi connectivity index (χ1) is 15.7. The molecule has 0 unspecified atom stereocenters. The largest absolute Gasteiger partial charge is 0.417 e.